The second-order valence-corrected chi connectivity index (χ2v) is 3.20. The Morgan fingerprint density at radius 2 is 2.14 bits per heavy atom. The van der Waals surface area contributed by atoms with Crippen LogP contribution in [0.15, 0.2) is 28.9 Å². The van der Waals surface area contributed by atoms with E-state index < -0.39 is 0 Å². The maximum absolute atomic E-state index is 9.58. The highest BCUT2D eigenvalue weighted by molar-refractivity contribution is 6.30. The Balaban J connectivity index is 2.58. The minimum absolute atomic E-state index is 0.0485. The van der Waals surface area contributed by atoms with E-state index in [1.54, 1.807) is 12.1 Å². The number of benzene rings is 1. The molecule has 4 nitrogen and oxygen atoms in total. The average molecular weight is 211 g/mol. The predicted octanol–water partition coefficient (Wildman–Crippen LogP) is 2.28. The zero-order valence-electron chi connectivity index (χ0n) is 7.07. The molecule has 0 amide bonds. The van der Waals surface area contributed by atoms with Gasteiger partial charge in [-0.05, 0) is 18.2 Å². The number of nitrogens with zero attached hydrogens (tertiary/aromatic N) is 1. The van der Waals surface area contributed by atoms with Gasteiger partial charge >= 0.3 is 0 Å². The second-order valence-electron chi connectivity index (χ2n) is 2.77. The van der Waals surface area contributed by atoms with Gasteiger partial charge in [0.05, 0.1) is 11.8 Å². The van der Waals surface area contributed by atoms with Crippen LogP contribution in [0.2, 0.25) is 5.02 Å². The van der Waals surface area contributed by atoms with Crippen molar-refractivity contribution >= 4 is 17.5 Å². The third-order valence-electron chi connectivity index (χ3n) is 1.85. The van der Waals surface area contributed by atoms with Crippen LogP contribution in [0.5, 0.6) is 5.75 Å². The lowest BCUT2D eigenvalue weighted by Gasteiger charge is -2.01. The maximum atomic E-state index is 9.58. The topological polar surface area (TPSA) is 72.3 Å². The summed E-state index contributed by atoms with van der Waals surface area (Å²) >= 11 is 5.69. The number of anilines is 1. The molecule has 5 heteroatoms. The molecular weight excluding hydrogens is 204 g/mol. The van der Waals surface area contributed by atoms with Crippen molar-refractivity contribution in [3.63, 3.8) is 0 Å². The molecule has 3 N–H and O–H groups in total. The van der Waals surface area contributed by atoms with Gasteiger partial charge in [0, 0.05) is 10.6 Å². The van der Waals surface area contributed by atoms with E-state index in [1.807, 2.05) is 0 Å². The van der Waals surface area contributed by atoms with Gasteiger partial charge in [-0.3, -0.25) is 0 Å². The number of aromatic hydroxyl groups is 1. The van der Waals surface area contributed by atoms with Crippen LogP contribution in [-0.2, 0) is 0 Å². The molecule has 1 aromatic heterocycles. The number of aromatic nitrogens is 1. The Hall–Kier alpha value is -1.68. The fourth-order valence-corrected chi connectivity index (χ4v) is 1.35. The van der Waals surface area contributed by atoms with Crippen molar-refractivity contribution in [2.45, 2.75) is 0 Å². The van der Waals surface area contributed by atoms with Crippen molar-refractivity contribution in [3.8, 4) is 16.9 Å². The van der Waals surface area contributed by atoms with E-state index in [0.29, 0.717) is 16.1 Å². The number of nitrogen functional groups attached to an aromatic ring is 1. The largest absolute Gasteiger partial charge is 0.507 e. The minimum atomic E-state index is 0.0485. The first-order chi connectivity index (χ1) is 6.68. The molecule has 0 aliphatic rings. The number of phenolic OH excluding ortho intramolecular Hbond substituents is 1. The van der Waals surface area contributed by atoms with E-state index in [1.165, 1.54) is 12.3 Å². The first-order valence-electron chi connectivity index (χ1n) is 3.87. The Bertz CT molecular complexity index is 468. The molecule has 0 radical (unpaired) electrons. The highest BCUT2D eigenvalue weighted by Gasteiger charge is 2.11. The van der Waals surface area contributed by atoms with Gasteiger partial charge in [-0.25, -0.2) is 0 Å². The van der Waals surface area contributed by atoms with E-state index in [4.69, 9.17) is 17.3 Å². The first-order valence-corrected chi connectivity index (χ1v) is 4.25. The standard InChI is InChI=1S/C9H7ClN2O2/c10-5-1-2-6(8(13)3-5)7-4-12-14-9(7)11/h1-4,13H,11H2. The SMILES string of the molecule is Nc1oncc1-c1ccc(Cl)cc1O. The number of nitrogens with two attached hydrogens (primary N) is 1. The van der Waals surface area contributed by atoms with E-state index in [-0.39, 0.29) is 11.6 Å². The zero-order valence-corrected chi connectivity index (χ0v) is 7.82. The van der Waals surface area contributed by atoms with Crippen molar-refractivity contribution < 1.29 is 9.63 Å². The second kappa shape index (κ2) is 3.23. The summed E-state index contributed by atoms with van der Waals surface area (Å²) < 4.78 is 4.69. The predicted molar refractivity (Wildman–Crippen MR) is 53.0 cm³/mol. The summed E-state index contributed by atoms with van der Waals surface area (Å²) in [6, 6.07) is 4.74. The smallest absolute Gasteiger partial charge is 0.230 e. The molecule has 0 unspecified atom stereocenters. The normalized spacial score (nSPS) is 10.4. The monoisotopic (exact) mass is 210 g/mol. The summed E-state index contributed by atoms with van der Waals surface area (Å²) in [5.41, 5.74) is 6.61. The number of hydrogen-bond donors (Lipinski definition) is 2. The molecule has 1 aromatic carbocycles. The lowest BCUT2D eigenvalue weighted by atomic mass is 10.1. The van der Waals surface area contributed by atoms with Gasteiger partial charge in [0.1, 0.15) is 5.75 Å². The van der Waals surface area contributed by atoms with Crippen LogP contribution in [-0.4, -0.2) is 10.3 Å². The lowest BCUT2D eigenvalue weighted by Crippen LogP contribution is -1.85. The van der Waals surface area contributed by atoms with Crippen LogP contribution in [0, 0.1) is 0 Å². The third-order valence-corrected chi connectivity index (χ3v) is 2.08. The lowest BCUT2D eigenvalue weighted by molar-refractivity contribution is 0.436. The number of hydrogen-bond acceptors (Lipinski definition) is 4. The quantitative estimate of drug-likeness (QED) is 0.758. The van der Waals surface area contributed by atoms with Crippen LogP contribution in [0.3, 0.4) is 0 Å². The Morgan fingerprint density at radius 3 is 2.71 bits per heavy atom. The van der Waals surface area contributed by atoms with E-state index in [2.05, 4.69) is 9.68 Å². The van der Waals surface area contributed by atoms with Crippen LogP contribution >= 0.6 is 11.6 Å². The Morgan fingerprint density at radius 1 is 1.36 bits per heavy atom. The van der Waals surface area contributed by atoms with Crippen molar-refractivity contribution in [1.29, 1.82) is 0 Å². The molecule has 72 valence electrons. The molecule has 0 aliphatic heterocycles. The van der Waals surface area contributed by atoms with Gasteiger partial charge in [-0.1, -0.05) is 16.8 Å². The molecule has 2 rings (SSSR count). The van der Waals surface area contributed by atoms with Gasteiger partial charge in [0.15, 0.2) is 0 Å². The summed E-state index contributed by atoms with van der Waals surface area (Å²) in [4.78, 5) is 0. The fraction of sp³-hybridized carbons (Fsp3) is 0. The van der Waals surface area contributed by atoms with Crippen LogP contribution in [0.25, 0.3) is 11.1 Å². The number of phenols is 1. The number of halogens is 1. The van der Waals surface area contributed by atoms with Crippen LogP contribution < -0.4 is 5.73 Å². The number of rotatable bonds is 1. The Kier molecular flexibility index (Phi) is 2.05. The van der Waals surface area contributed by atoms with Crippen molar-refractivity contribution in [1.82, 2.24) is 5.16 Å². The summed E-state index contributed by atoms with van der Waals surface area (Å²) in [6.45, 7) is 0. The molecular formula is C9H7ClN2O2. The first kappa shape index (κ1) is 8.90. The third kappa shape index (κ3) is 1.40. The van der Waals surface area contributed by atoms with Gasteiger partial charge in [0.25, 0.3) is 0 Å². The van der Waals surface area contributed by atoms with E-state index in [0.717, 1.165) is 0 Å². The summed E-state index contributed by atoms with van der Waals surface area (Å²) in [7, 11) is 0. The molecule has 1 heterocycles. The molecule has 14 heavy (non-hydrogen) atoms. The van der Waals surface area contributed by atoms with Crippen molar-refractivity contribution in [2.75, 3.05) is 5.73 Å². The molecule has 0 bridgehead atoms. The average Bonchev–Trinajstić information content (AvgIpc) is 2.52. The molecule has 0 spiro atoms. The summed E-state index contributed by atoms with van der Waals surface area (Å²) in [5, 5.41) is 13.6. The molecule has 0 saturated heterocycles. The van der Waals surface area contributed by atoms with Crippen LogP contribution in [0.4, 0.5) is 5.88 Å². The Labute approximate surface area is 84.9 Å². The zero-order chi connectivity index (χ0) is 10.1. The summed E-state index contributed by atoms with van der Waals surface area (Å²) in [5.74, 6) is 0.218. The maximum Gasteiger partial charge on any atom is 0.230 e. The molecule has 0 aliphatic carbocycles. The van der Waals surface area contributed by atoms with Gasteiger partial charge in [0.2, 0.25) is 5.88 Å². The van der Waals surface area contributed by atoms with Gasteiger partial charge < -0.3 is 15.4 Å². The van der Waals surface area contributed by atoms with E-state index in [9.17, 15) is 5.11 Å². The van der Waals surface area contributed by atoms with Crippen LogP contribution in [0.1, 0.15) is 0 Å². The summed E-state index contributed by atoms with van der Waals surface area (Å²) in [6.07, 6.45) is 1.44. The fourth-order valence-electron chi connectivity index (χ4n) is 1.18. The molecule has 2 aromatic rings. The molecule has 0 saturated carbocycles. The highest BCUT2D eigenvalue weighted by Crippen LogP contribution is 2.34. The minimum Gasteiger partial charge on any atom is -0.507 e. The molecule has 0 atom stereocenters. The van der Waals surface area contributed by atoms with Gasteiger partial charge in [-0.15, -0.1) is 0 Å². The van der Waals surface area contributed by atoms with E-state index >= 15 is 0 Å². The molecule has 0 fully saturated rings. The highest BCUT2D eigenvalue weighted by atomic mass is 35.5. The van der Waals surface area contributed by atoms with Crippen molar-refractivity contribution in [3.05, 3.63) is 29.4 Å². The van der Waals surface area contributed by atoms with Crippen molar-refractivity contribution in [2.24, 2.45) is 0 Å². The van der Waals surface area contributed by atoms with Gasteiger partial charge in [-0.2, -0.15) is 0 Å².